The second kappa shape index (κ2) is 9.03. The lowest BCUT2D eigenvalue weighted by atomic mass is 10.0. The van der Waals surface area contributed by atoms with E-state index in [0.717, 1.165) is 11.3 Å². The minimum Gasteiger partial charge on any atom is -0.469 e. The summed E-state index contributed by atoms with van der Waals surface area (Å²) in [5.41, 5.74) is 7.93. The molecule has 0 spiro atoms. The number of carbonyl (C=O) groups excluding carboxylic acids is 1. The normalized spacial score (nSPS) is 10.7. The molecule has 6 heteroatoms. The lowest BCUT2D eigenvalue weighted by Gasteiger charge is -2.15. The Bertz CT molecular complexity index is 356. The van der Waals surface area contributed by atoms with Crippen LogP contribution in [-0.4, -0.2) is 27.2 Å². The van der Waals surface area contributed by atoms with Crippen LogP contribution in [0, 0.1) is 0 Å². The third kappa shape index (κ3) is 5.58. The molecule has 0 bridgehead atoms. The van der Waals surface area contributed by atoms with Crippen LogP contribution in [0.4, 0.5) is 5.69 Å². The molecule has 0 saturated heterocycles. The van der Waals surface area contributed by atoms with Crippen LogP contribution in [0.15, 0.2) is 24.3 Å². The summed E-state index contributed by atoms with van der Waals surface area (Å²) in [7, 11) is 5.32. The van der Waals surface area contributed by atoms with Crippen LogP contribution < -0.4 is 10.6 Å². The number of hydrogen-bond acceptors (Lipinski definition) is 4. The highest BCUT2D eigenvalue weighted by atomic mass is 35.5. The number of methoxy groups -OCH3 is 1. The average molecular weight is 295 g/mol. The van der Waals surface area contributed by atoms with Crippen molar-refractivity contribution in [3.05, 3.63) is 29.8 Å². The number of halogens is 2. The Balaban J connectivity index is 0. The minimum absolute atomic E-state index is 0. The van der Waals surface area contributed by atoms with Gasteiger partial charge in [0.25, 0.3) is 0 Å². The number of rotatable bonds is 4. The number of carbonyl (C=O) groups is 1. The van der Waals surface area contributed by atoms with Gasteiger partial charge in [-0.3, -0.25) is 4.79 Å². The predicted molar refractivity (Wildman–Crippen MR) is 78.8 cm³/mol. The molecule has 2 N–H and O–H groups in total. The van der Waals surface area contributed by atoms with Gasteiger partial charge in [0.2, 0.25) is 0 Å². The van der Waals surface area contributed by atoms with Crippen LogP contribution in [0.25, 0.3) is 0 Å². The topological polar surface area (TPSA) is 55.6 Å². The Kier molecular flexibility index (Phi) is 9.71. The van der Waals surface area contributed by atoms with Gasteiger partial charge in [-0.05, 0) is 17.7 Å². The maximum absolute atomic E-state index is 11.1. The van der Waals surface area contributed by atoms with Gasteiger partial charge in [0.1, 0.15) is 0 Å². The summed E-state index contributed by atoms with van der Waals surface area (Å²) in [5, 5.41) is 0. The quantitative estimate of drug-likeness (QED) is 0.865. The molecule has 4 nitrogen and oxygen atoms in total. The molecule has 0 unspecified atom stereocenters. The summed E-state index contributed by atoms with van der Waals surface area (Å²) in [6.07, 6.45) is 0.206. The third-order valence-electron chi connectivity index (χ3n) is 2.45. The lowest BCUT2D eigenvalue weighted by molar-refractivity contribution is -0.141. The van der Waals surface area contributed by atoms with Gasteiger partial charge in [-0.25, -0.2) is 0 Å². The molecule has 0 aromatic heterocycles. The van der Waals surface area contributed by atoms with Crippen molar-refractivity contribution in [3.63, 3.8) is 0 Å². The minimum atomic E-state index is -0.302. The Morgan fingerprint density at radius 2 is 1.78 bits per heavy atom. The van der Waals surface area contributed by atoms with E-state index in [4.69, 9.17) is 5.73 Å². The van der Waals surface area contributed by atoms with Gasteiger partial charge in [-0.2, -0.15) is 0 Å². The van der Waals surface area contributed by atoms with E-state index in [0.29, 0.717) is 0 Å². The third-order valence-corrected chi connectivity index (χ3v) is 2.45. The van der Waals surface area contributed by atoms with Crippen molar-refractivity contribution in [2.24, 2.45) is 5.73 Å². The molecule has 0 heterocycles. The van der Waals surface area contributed by atoms with Gasteiger partial charge < -0.3 is 15.4 Å². The zero-order valence-electron chi connectivity index (χ0n) is 10.8. The van der Waals surface area contributed by atoms with Crippen molar-refractivity contribution in [2.75, 3.05) is 26.1 Å². The molecule has 0 radical (unpaired) electrons. The van der Waals surface area contributed by atoms with E-state index in [2.05, 4.69) is 4.74 Å². The summed E-state index contributed by atoms with van der Waals surface area (Å²) < 4.78 is 4.58. The lowest BCUT2D eigenvalue weighted by Crippen LogP contribution is -2.16. The highest BCUT2D eigenvalue weighted by Gasteiger charge is 2.11. The SMILES string of the molecule is COC(=O)C[C@@H](N)c1ccc(N(C)C)cc1.Cl.Cl. The van der Waals surface area contributed by atoms with E-state index in [-0.39, 0.29) is 43.2 Å². The van der Waals surface area contributed by atoms with Crippen molar-refractivity contribution in [2.45, 2.75) is 12.5 Å². The van der Waals surface area contributed by atoms with Crippen molar-refractivity contribution in [1.29, 1.82) is 0 Å². The molecule has 104 valence electrons. The number of nitrogens with two attached hydrogens (primary N) is 1. The summed E-state index contributed by atoms with van der Waals surface area (Å²) in [4.78, 5) is 13.1. The van der Waals surface area contributed by atoms with Crippen molar-refractivity contribution in [1.82, 2.24) is 0 Å². The number of anilines is 1. The summed E-state index contributed by atoms with van der Waals surface area (Å²) in [5.74, 6) is -0.288. The van der Waals surface area contributed by atoms with Crippen LogP contribution in [0.1, 0.15) is 18.0 Å². The Hall–Kier alpha value is -0.970. The van der Waals surface area contributed by atoms with Crippen LogP contribution in [-0.2, 0) is 9.53 Å². The first-order chi connectivity index (χ1) is 7.54. The fourth-order valence-electron chi connectivity index (χ4n) is 1.40. The van der Waals surface area contributed by atoms with E-state index in [1.54, 1.807) is 0 Å². The fraction of sp³-hybridized carbons (Fsp3) is 0.417. The van der Waals surface area contributed by atoms with E-state index in [1.807, 2.05) is 43.3 Å². The van der Waals surface area contributed by atoms with E-state index in [1.165, 1.54) is 7.11 Å². The van der Waals surface area contributed by atoms with Crippen molar-refractivity contribution < 1.29 is 9.53 Å². The molecule has 18 heavy (non-hydrogen) atoms. The zero-order valence-corrected chi connectivity index (χ0v) is 12.4. The molecule has 0 aliphatic carbocycles. The maximum Gasteiger partial charge on any atom is 0.307 e. The second-order valence-corrected chi connectivity index (χ2v) is 3.87. The first-order valence-corrected chi connectivity index (χ1v) is 5.14. The molecule has 1 rings (SSSR count). The van der Waals surface area contributed by atoms with Gasteiger partial charge in [0, 0.05) is 25.8 Å². The summed E-state index contributed by atoms with van der Waals surface area (Å²) in [6, 6.07) is 7.52. The van der Waals surface area contributed by atoms with E-state index < -0.39 is 0 Å². The number of ether oxygens (including phenoxy) is 1. The maximum atomic E-state index is 11.1. The predicted octanol–water partition coefficient (Wildman–Crippen LogP) is 2.16. The first-order valence-electron chi connectivity index (χ1n) is 5.14. The fourth-order valence-corrected chi connectivity index (χ4v) is 1.40. The van der Waals surface area contributed by atoms with Gasteiger partial charge in [0.15, 0.2) is 0 Å². The molecule has 1 aromatic rings. The molecular formula is C12H20Cl2N2O2. The molecule has 0 aliphatic rings. The highest BCUT2D eigenvalue weighted by Crippen LogP contribution is 2.18. The van der Waals surface area contributed by atoms with Crippen LogP contribution in [0.5, 0.6) is 0 Å². The van der Waals surface area contributed by atoms with E-state index >= 15 is 0 Å². The van der Waals surface area contributed by atoms with Crippen molar-refractivity contribution in [3.8, 4) is 0 Å². The van der Waals surface area contributed by atoms with Crippen LogP contribution in [0.2, 0.25) is 0 Å². The second-order valence-electron chi connectivity index (χ2n) is 3.87. The van der Waals surface area contributed by atoms with Gasteiger partial charge in [-0.15, -0.1) is 24.8 Å². The Morgan fingerprint density at radius 3 is 2.17 bits per heavy atom. The molecule has 0 amide bonds. The number of hydrogen-bond donors (Lipinski definition) is 1. The molecule has 1 atom stereocenters. The Labute approximate surface area is 120 Å². The van der Waals surface area contributed by atoms with Crippen LogP contribution in [0.3, 0.4) is 0 Å². The Morgan fingerprint density at radius 1 is 1.28 bits per heavy atom. The number of benzene rings is 1. The average Bonchev–Trinajstić information content (AvgIpc) is 2.28. The zero-order chi connectivity index (χ0) is 12.1. The van der Waals surface area contributed by atoms with E-state index in [9.17, 15) is 4.79 Å². The largest absolute Gasteiger partial charge is 0.469 e. The van der Waals surface area contributed by atoms with Gasteiger partial charge >= 0.3 is 5.97 Å². The van der Waals surface area contributed by atoms with Gasteiger partial charge in [-0.1, -0.05) is 12.1 Å². The standard InChI is InChI=1S/C12H18N2O2.2ClH/c1-14(2)10-6-4-9(5-7-10)11(13)8-12(15)16-3;;/h4-7,11H,8,13H2,1-3H3;2*1H/t11-;;/m1../s1. The molecule has 0 aliphatic heterocycles. The highest BCUT2D eigenvalue weighted by molar-refractivity contribution is 5.85. The molecule has 1 aromatic carbocycles. The summed E-state index contributed by atoms with van der Waals surface area (Å²) in [6.45, 7) is 0. The molecule has 0 saturated carbocycles. The number of esters is 1. The van der Waals surface area contributed by atoms with Crippen LogP contribution >= 0.6 is 24.8 Å². The van der Waals surface area contributed by atoms with Gasteiger partial charge in [0.05, 0.1) is 13.5 Å². The smallest absolute Gasteiger partial charge is 0.307 e. The first kappa shape index (κ1) is 19.4. The number of nitrogens with zero attached hydrogens (tertiary/aromatic N) is 1. The monoisotopic (exact) mass is 294 g/mol. The molecular weight excluding hydrogens is 275 g/mol. The molecule has 0 fully saturated rings. The van der Waals surface area contributed by atoms with Crippen molar-refractivity contribution >= 4 is 36.5 Å². The summed E-state index contributed by atoms with van der Waals surface area (Å²) >= 11 is 0.